The summed E-state index contributed by atoms with van der Waals surface area (Å²) in [5, 5.41) is 0. The van der Waals surface area contributed by atoms with Gasteiger partial charge >= 0.3 is 0 Å². The van der Waals surface area contributed by atoms with E-state index >= 15 is 0 Å². The zero-order valence-electron chi connectivity index (χ0n) is 11.6. The molecule has 1 aliphatic carbocycles. The molecule has 2 N–H and O–H groups in total. The molecular weight excluding hydrogens is 222 g/mol. The second kappa shape index (κ2) is 6.24. The van der Waals surface area contributed by atoms with Gasteiger partial charge in [0.15, 0.2) is 0 Å². The van der Waals surface area contributed by atoms with Crippen LogP contribution < -0.4 is 10.5 Å². The van der Waals surface area contributed by atoms with Gasteiger partial charge in [-0.2, -0.15) is 0 Å². The molecule has 1 saturated carbocycles. The van der Waals surface area contributed by atoms with E-state index in [1.807, 2.05) is 0 Å². The molecule has 18 heavy (non-hydrogen) atoms. The monoisotopic (exact) mass is 247 g/mol. The second-order valence-corrected chi connectivity index (χ2v) is 5.67. The van der Waals surface area contributed by atoms with Gasteiger partial charge in [-0.25, -0.2) is 0 Å². The highest BCUT2D eigenvalue weighted by atomic mass is 16.5. The van der Waals surface area contributed by atoms with Crippen LogP contribution in [0.15, 0.2) is 18.2 Å². The quantitative estimate of drug-likeness (QED) is 0.800. The minimum Gasteiger partial charge on any atom is -0.493 e. The summed E-state index contributed by atoms with van der Waals surface area (Å²) in [6, 6.07) is 6.62. The molecule has 0 heterocycles. The van der Waals surface area contributed by atoms with Gasteiger partial charge in [0.1, 0.15) is 5.75 Å². The zero-order valence-corrected chi connectivity index (χ0v) is 11.6. The maximum atomic E-state index is 5.96. The van der Waals surface area contributed by atoms with Crippen LogP contribution in [0.3, 0.4) is 0 Å². The van der Waals surface area contributed by atoms with Gasteiger partial charge in [-0.1, -0.05) is 26.0 Å². The standard InChI is InChI=1S/C16H25NO/c1-12(2)15-10-13(4-3-9-17)7-8-16(15)18-11-14-5-6-14/h7-8,10,12,14H,3-6,9,11,17H2,1-2H3. The van der Waals surface area contributed by atoms with Crippen LogP contribution in [0.2, 0.25) is 0 Å². The fourth-order valence-corrected chi connectivity index (χ4v) is 2.13. The molecule has 0 amide bonds. The Morgan fingerprint density at radius 1 is 1.33 bits per heavy atom. The van der Waals surface area contributed by atoms with Crippen LogP contribution in [-0.4, -0.2) is 13.2 Å². The molecule has 1 aliphatic rings. The Balaban J connectivity index is 2.06. The minimum atomic E-state index is 0.511. The first-order valence-corrected chi connectivity index (χ1v) is 7.16. The molecule has 1 aromatic carbocycles. The maximum Gasteiger partial charge on any atom is 0.122 e. The van der Waals surface area contributed by atoms with Crippen molar-refractivity contribution < 1.29 is 4.74 Å². The first-order chi connectivity index (χ1) is 8.70. The molecule has 0 unspecified atom stereocenters. The smallest absolute Gasteiger partial charge is 0.122 e. The second-order valence-electron chi connectivity index (χ2n) is 5.67. The van der Waals surface area contributed by atoms with Crippen molar-refractivity contribution in [2.45, 2.75) is 45.4 Å². The molecule has 1 aromatic rings. The van der Waals surface area contributed by atoms with E-state index < -0.39 is 0 Å². The summed E-state index contributed by atoms with van der Waals surface area (Å²) in [7, 11) is 0. The average molecular weight is 247 g/mol. The van der Waals surface area contributed by atoms with E-state index in [2.05, 4.69) is 32.0 Å². The molecule has 2 rings (SSSR count). The van der Waals surface area contributed by atoms with E-state index in [0.29, 0.717) is 5.92 Å². The van der Waals surface area contributed by atoms with Crippen LogP contribution in [0.25, 0.3) is 0 Å². The summed E-state index contributed by atoms with van der Waals surface area (Å²) < 4.78 is 5.96. The predicted molar refractivity (Wildman–Crippen MR) is 76.1 cm³/mol. The van der Waals surface area contributed by atoms with Crippen LogP contribution in [-0.2, 0) is 6.42 Å². The van der Waals surface area contributed by atoms with E-state index in [9.17, 15) is 0 Å². The highest BCUT2D eigenvalue weighted by Crippen LogP contribution is 2.32. The average Bonchev–Trinajstić information content (AvgIpc) is 3.18. The molecule has 100 valence electrons. The van der Waals surface area contributed by atoms with Crippen molar-refractivity contribution >= 4 is 0 Å². The summed E-state index contributed by atoms with van der Waals surface area (Å²) >= 11 is 0. The summed E-state index contributed by atoms with van der Waals surface area (Å²) in [5.41, 5.74) is 8.28. The van der Waals surface area contributed by atoms with E-state index in [4.69, 9.17) is 10.5 Å². The van der Waals surface area contributed by atoms with Gasteiger partial charge in [0.25, 0.3) is 0 Å². The minimum absolute atomic E-state index is 0.511. The van der Waals surface area contributed by atoms with E-state index in [1.54, 1.807) is 0 Å². The lowest BCUT2D eigenvalue weighted by atomic mass is 9.98. The van der Waals surface area contributed by atoms with Gasteiger partial charge in [-0.05, 0) is 61.3 Å². The summed E-state index contributed by atoms with van der Waals surface area (Å²) in [6.45, 7) is 6.11. The number of rotatable bonds is 7. The van der Waals surface area contributed by atoms with Crippen LogP contribution in [0, 0.1) is 5.92 Å². The van der Waals surface area contributed by atoms with Gasteiger partial charge in [0.05, 0.1) is 6.61 Å². The normalized spacial score (nSPS) is 15.1. The van der Waals surface area contributed by atoms with E-state index in [-0.39, 0.29) is 0 Å². The number of hydrogen-bond donors (Lipinski definition) is 1. The zero-order chi connectivity index (χ0) is 13.0. The van der Waals surface area contributed by atoms with Gasteiger partial charge in [0.2, 0.25) is 0 Å². The third-order valence-corrected chi connectivity index (χ3v) is 3.54. The molecule has 1 fully saturated rings. The Morgan fingerprint density at radius 3 is 2.72 bits per heavy atom. The number of hydrogen-bond acceptors (Lipinski definition) is 2. The highest BCUT2D eigenvalue weighted by Gasteiger charge is 2.22. The summed E-state index contributed by atoms with van der Waals surface area (Å²) in [5.74, 6) is 2.40. The van der Waals surface area contributed by atoms with Gasteiger partial charge in [-0.15, -0.1) is 0 Å². The third kappa shape index (κ3) is 3.74. The Morgan fingerprint density at radius 2 is 2.11 bits per heavy atom. The van der Waals surface area contributed by atoms with Crippen molar-refractivity contribution in [3.8, 4) is 5.75 Å². The molecule has 2 nitrogen and oxygen atoms in total. The number of ether oxygens (including phenoxy) is 1. The Bertz CT molecular complexity index is 383. The Kier molecular flexibility index (Phi) is 4.65. The van der Waals surface area contributed by atoms with E-state index in [1.165, 1.54) is 24.0 Å². The number of aryl methyl sites for hydroxylation is 1. The fourth-order valence-electron chi connectivity index (χ4n) is 2.13. The van der Waals surface area contributed by atoms with Gasteiger partial charge in [-0.3, -0.25) is 0 Å². The molecular formula is C16H25NO. The SMILES string of the molecule is CC(C)c1cc(CCCN)ccc1OCC1CC1. The van der Waals surface area contributed by atoms with Crippen molar-refractivity contribution in [2.75, 3.05) is 13.2 Å². The molecule has 0 spiro atoms. The predicted octanol–water partition coefficient (Wildman–Crippen LogP) is 3.49. The molecule has 0 radical (unpaired) electrons. The Hall–Kier alpha value is -1.02. The van der Waals surface area contributed by atoms with Crippen molar-refractivity contribution in [1.82, 2.24) is 0 Å². The molecule has 0 bridgehead atoms. The van der Waals surface area contributed by atoms with Crippen LogP contribution >= 0.6 is 0 Å². The topological polar surface area (TPSA) is 35.2 Å². The van der Waals surface area contributed by atoms with Gasteiger partial charge in [0, 0.05) is 0 Å². The molecule has 0 atom stereocenters. The first-order valence-electron chi connectivity index (χ1n) is 7.16. The van der Waals surface area contributed by atoms with Crippen molar-refractivity contribution in [3.63, 3.8) is 0 Å². The molecule has 0 aliphatic heterocycles. The van der Waals surface area contributed by atoms with Crippen molar-refractivity contribution in [1.29, 1.82) is 0 Å². The number of benzene rings is 1. The molecule has 0 saturated heterocycles. The van der Waals surface area contributed by atoms with E-state index in [0.717, 1.165) is 37.7 Å². The molecule has 0 aromatic heterocycles. The third-order valence-electron chi connectivity index (χ3n) is 3.54. The molecule has 2 heteroatoms. The lowest BCUT2D eigenvalue weighted by Crippen LogP contribution is -2.04. The highest BCUT2D eigenvalue weighted by molar-refractivity contribution is 5.39. The van der Waals surface area contributed by atoms with Crippen LogP contribution in [0.1, 0.15) is 50.2 Å². The Labute approximate surface area is 111 Å². The number of nitrogens with two attached hydrogens (primary N) is 1. The largest absolute Gasteiger partial charge is 0.493 e. The lowest BCUT2D eigenvalue weighted by Gasteiger charge is -2.15. The summed E-state index contributed by atoms with van der Waals surface area (Å²) in [6.07, 6.45) is 4.80. The lowest BCUT2D eigenvalue weighted by molar-refractivity contribution is 0.295. The maximum absolute atomic E-state index is 5.96. The first kappa shape index (κ1) is 13.4. The fraction of sp³-hybridized carbons (Fsp3) is 0.625. The van der Waals surface area contributed by atoms with Crippen molar-refractivity contribution in [2.24, 2.45) is 11.7 Å². The van der Waals surface area contributed by atoms with Gasteiger partial charge < -0.3 is 10.5 Å². The van der Waals surface area contributed by atoms with Crippen LogP contribution in [0.5, 0.6) is 5.75 Å². The van der Waals surface area contributed by atoms with Crippen LogP contribution in [0.4, 0.5) is 0 Å². The summed E-state index contributed by atoms with van der Waals surface area (Å²) in [4.78, 5) is 0. The van der Waals surface area contributed by atoms with Crippen molar-refractivity contribution in [3.05, 3.63) is 29.3 Å².